The zero-order valence-corrected chi connectivity index (χ0v) is 12.3. The highest BCUT2D eigenvalue weighted by Crippen LogP contribution is 2.37. The summed E-state index contributed by atoms with van der Waals surface area (Å²) in [6, 6.07) is 16.5. The highest BCUT2D eigenvalue weighted by molar-refractivity contribution is 5.76. The number of ether oxygens (including phenoxy) is 1. The van der Waals surface area contributed by atoms with Crippen LogP contribution in [0, 0.1) is 0 Å². The smallest absolute Gasteiger partial charge is 0.130 e. The van der Waals surface area contributed by atoms with E-state index in [0.29, 0.717) is 18.9 Å². The molecule has 1 aliphatic carbocycles. The first kappa shape index (κ1) is 13.9. The average molecular weight is 280 g/mol. The van der Waals surface area contributed by atoms with Crippen molar-refractivity contribution < 1.29 is 9.53 Å². The number of fused-ring (bicyclic) bond motifs is 1. The summed E-state index contributed by atoms with van der Waals surface area (Å²) in [5.41, 5.74) is 3.84. The number of ketones is 1. The molecule has 2 aromatic carbocycles. The zero-order chi connectivity index (χ0) is 14.7. The van der Waals surface area contributed by atoms with E-state index in [4.69, 9.17) is 4.74 Å². The van der Waals surface area contributed by atoms with Gasteiger partial charge in [-0.05, 0) is 54.5 Å². The van der Waals surface area contributed by atoms with Crippen LogP contribution in [0.2, 0.25) is 0 Å². The van der Waals surface area contributed by atoms with E-state index in [2.05, 4.69) is 24.3 Å². The van der Waals surface area contributed by atoms with E-state index in [0.717, 1.165) is 18.6 Å². The van der Waals surface area contributed by atoms with Crippen molar-refractivity contribution in [1.29, 1.82) is 0 Å². The lowest BCUT2D eigenvalue weighted by Gasteiger charge is -2.12. The fourth-order valence-corrected chi connectivity index (χ4v) is 3.06. The first-order chi connectivity index (χ1) is 10.2. The summed E-state index contributed by atoms with van der Waals surface area (Å²) in [5, 5.41) is 0. The fraction of sp³-hybridized carbons (Fsp3) is 0.316. The Balaban J connectivity index is 1.72. The highest BCUT2D eigenvalue weighted by atomic mass is 16.5. The minimum atomic E-state index is 0.267. The maximum absolute atomic E-state index is 11.4. The van der Waals surface area contributed by atoms with Crippen LogP contribution >= 0.6 is 0 Å². The second-order valence-corrected chi connectivity index (χ2v) is 5.78. The number of Topliss-reactive ketones (excluding diaryl/α,β-unsaturated/α-hetero) is 1. The SMILES string of the molecule is CC(=O)C[C@@H]1CCc2ccc(OCc3ccccc3)cc21. The molecule has 21 heavy (non-hydrogen) atoms. The Morgan fingerprint density at radius 1 is 1.19 bits per heavy atom. The summed E-state index contributed by atoms with van der Waals surface area (Å²) in [7, 11) is 0. The summed E-state index contributed by atoms with van der Waals surface area (Å²) >= 11 is 0. The molecule has 1 aliphatic rings. The Labute approximate surface area is 125 Å². The van der Waals surface area contributed by atoms with E-state index in [1.807, 2.05) is 24.3 Å². The summed E-state index contributed by atoms with van der Waals surface area (Å²) in [5.74, 6) is 1.54. The predicted molar refractivity (Wildman–Crippen MR) is 83.6 cm³/mol. The van der Waals surface area contributed by atoms with Crippen LogP contribution in [-0.2, 0) is 17.8 Å². The maximum atomic E-state index is 11.4. The van der Waals surface area contributed by atoms with Crippen molar-refractivity contribution in [2.75, 3.05) is 0 Å². The Bertz CT molecular complexity index is 631. The second kappa shape index (κ2) is 6.13. The van der Waals surface area contributed by atoms with Gasteiger partial charge in [0.1, 0.15) is 18.1 Å². The molecule has 0 saturated carbocycles. The van der Waals surface area contributed by atoms with Gasteiger partial charge in [-0.3, -0.25) is 0 Å². The largest absolute Gasteiger partial charge is 0.489 e. The quantitative estimate of drug-likeness (QED) is 0.817. The predicted octanol–water partition coefficient (Wildman–Crippen LogP) is 4.27. The molecule has 0 amide bonds. The Morgan fingerprint density at radius 3 is 2.76 bits per heavy atom. The van der Waals surface area contributed by atoms with Gasteiger partial charge < -0.3 is 9.53 Å². The van der Waals surface area contributed by atoms with E-state index in [-0.39, 0.29) is 5.78 Å². The molecule has 0 bridgehead atoms. The van der Waals surface area contributed by atoms with E-state index in [9.17, 15) is 4.79 Å². The van der Waals surface area contributed by atoms with Crippen LogP contribution in [0.15, 0.2) is 48.5 Å². The van der Waals surface area contributed by atoms with E-state index in [1.165, 1.54) is 16.7 Å². The van der Waals surface area contributed by atoms with E-state index >= 15 is 0 Å². The monoisotopic (exact) mass is 280 g/mol. The third kappa shape index (κ3) is 3.33. The molecule has 0 aromatic heterocycles. The van der Waals surface area contributed by atoms with Gasteiger partial charge in [0.05, 0.1) is 0 Å². The van der Waals surface area contributed by atoms with E-state index < -0.39 is 0 Å². The number of hydrogen-bond donors (Lipinski definition) is 0. The van der Waals surface area contributed by atoms with Crippen molar-refractivity contribution in [3.8, 4) is 5.75 Å². The third-order valence-corrected chi connectivity index (χ3v) is 4.10. The number of rotatable bonds is 5. The molecule has 0 radical (unpaired) electrons. The standard InChI is InChI=1S/C19H20O2/c1-14(20)11-17-8-7-16-9-10-18(12-19(16)17)21-13-15-5-3-2-4-6-15/h2-6,9-10,12,17H,7-8,11,13H2,1H3/t17-/m0/s1. The number of aryl methyl sites for hydroxylation is 1. The van der Waals surface area contributed by atoms with Crippen molar-refractivity contribution >= 4 is 5.78 Å². The van der Waals surface area contributed by atoms with Crippen LogP contribution in [0.3, 0.4) is 0 Å². The van der Waals surface area contributed by atoms with Crippen LogP contribution < -0.4 is 4.74 Å². The molecule has 0 saturated heterocycles. The lowest BCUT2D eigenvalue weighted by molar-refractivity contribution is -0.117. The van der Waals surface area contributed by atoms with E-state index in [1.54, 1.807) is 6.92 Å². The number of carbonyl (C=O) groups excluding carboxylic acids is 1. The summed E-state index contributed by atoms with van der Waals surface area (Å²) in [4.78, 5) is 11.4. The van der Waals surface area contributed by atoms with Gasteiger partial charge in [-0.1, -0.05) is 36.4 Å². The molecule has 0 N–H and O–H groups in total. The van der Waals surface area contributed by atoms with Crippen LogP contribution in [0.5, 0.6) is 5.75 Å². The minimum Gasteiger partial charge on any atom is -0.489 e. The average Bonchev–Trinajstić information content (AvgIpc) is 2.88. The van der Waals surface area contributed by atoms with Crippen LogP contribution in [0.1, 0.15) is 42.4 Å². The summed E-state index contributed by atoms with van der Waals surface area (Å²) < 4.78 is 5.89. The van der Waals surface area contributed by atoms with Crippen molar-refractivity contribution in [2.24, 2.45) is 0 Å². The van der Waals surface area contributed by atoms with Crippen molar-refractivity contribution in [3.05, 3.63) is 65.2 Å². The molecule has 0 fully saturated rings. The molecule has 0 heterocycles. The molecule has 0 spiro atoms. The normalized spacial score (nSPS) is 16.5. The highest BCUT2D eigenvalue weighted by Gasteiger charge is 2.24. The molecular formula is C19H20O2. The summed E-state index contributed by atoms with van der Waals surface area (Å²) in [6.07, 6.45) is 2.80. The lowest BCUT2D eigenvalue weighted by Crippen LogP contribution is -2.01. The molecule has 2 heteroatoms. The Kier molecular flexibility index (Phi) is 4.05. The Morgan fingerprint density at radius 2 is 2.00 bits per heavy atom. The molecule has 0 unspecified atom stereocenters. The van der Waals surface area contributed by atoms with Gasteiger partial charge in [0.15, 0.2) is 0 Å². The van der Waals surface area contributed by atoms with Gasteiger partial charge in [-0.15, -0.1) is 0 Å². The van der Waals surface area contributed by atoms with Gasteiger partial charge in [0.2, 0.25) is 0 Å². The lowest BCUT2D eigenvalue weighted by atomic mass is 9.96. The van der Waals surface area contributed by atoms with Crippen molar-refractivity contribution in [3.63, 3.8) is 0 Å². The van der Waals surface area contributed by atoms with Crippen molar-refractivity contribution in [2.45, 2.75) is 38.7 Å². The number of carbonyl (C=O) groups is 1. The van der Waals surface area contributed by atoms with Gasteiger partial charge in [-0.25, -0.2) is 0 Å². The number of benzene rings is 2. The molecule has 3 rings (SSSR count). The molecule has 108 valence electrons. The topological polar surface area (TPSA) is 26.3 Å². The number of hydrogen-bond acceptors (Lipinski definition) is 2. The fourth-order valence-electron chi connectivity index (χ4n) is 3.06. The molecular weight excluding hydrogens is 260 g/mol. The van der Waals surface area contributed by atoms with Gasteiger partial charge in [0, 0.05) is 6.42 Å². The van der Waals surface area contributed by atoms with Crippen LogP contribution in [0.4, 0.5) is 0 Å². The van der Waals surface area contributed by atoms with Crippen molar-refractivity contribution in [1.82, 2.24) is 0 Å². The maximum Gasteiger partial charge on any atom is 0.130 e. The summed E-state index contributed by atoms with van der Waals surface area (Å²) in [6.45, 7) is 2.25. The molecule has 0 aliphatic heterocycles. The van der Waals surface area contributed by atoms with Gasteiger partial charge >= 0.3 is 0 Å². The third-order valence-electron chi connectivity index (χ3n) is 4.10. The molecule has 2 nitrogen and oxygen atoms in total. The zero-order valence-electron chi connectivity index (χ0n) is 12.3. The Hall–Kier alpha value is -2.09. The van der Waals surface area contributed by atoms with Crippen LogP contribution in [0.25, 0.3) is 0 Å². The van der Waals surface area contributed by atoms with Gasteiger partial charge in [0.25, 0.3) is 0 Å². The molecule has 1 atom stereocenters. The molecule has 2 aromatic rings. The first-order valence-electron chi connectivity index (χ1n) is 7.51. The van der Waals surface area contributed by atoms with Crippen LogP contribution in [-0.4, -0.2) is 5.78 Å². The minimum absolute atomic E-state index is 0.267. The van der Waals surface area contributed by atoms with Gasteiger partial charge in [-0.2, -0.15) is 0 Å². The first-order valence-corrected chi connectivity index (χ1v) is 7.51. The second-order valence-electron chi connectivity index (χ2n) is 5.78.